The summed E-state index contributed by atoms with van der Waals surface area (Å²) in [5.41, 5.74) is 4.83. The molecule has 0 amide bonds. The molecule has 2 heterocycles. The molecule has 1 N–H and O–H groups in total. The number of nitrogens with one attached hydrogen (secondary N) is 1. The van der Waals surface area contributed by atoms with E-state index in [1.54, 1.807) is 22.6 Å². The van der Waals surface area contributed by atoms with Crippen LogP contribution in [0.15, 0.2) is 54.7 Å². The number of anilines is 2. The lowest BCUT2D eigenvalue weighted by molar-refractivity contribution is 0.279. The lowest BCUT2D eigenvalue weighted by Gasteiger charge is -2.20. The molecule has 0 atom stereocenters. The summed E-state index contributed by atoms with van der Waals surface area (Å²) in [5.74, 6) is 1.57. The maximum absolute atomic E-state index is 11.8. The fraction of sp³-hybridized carbons (Fsp3) is 0.321. The highest BCUT2D eigenvalue weighted by Gasteiger charge is 2.21. The topological polar surface area (TPSA) is 111 Å². The fourth-order valence-electron chi connectivity index (χ4n) is 4.46. The molecule has 1 aliphatic heterocycles. The monoisotopic (exact) mass is 532 g/mol. The van der Waals surface area contributed by atoms with E-state index in [4.69, 9.17) is 10.00 Å². The van der Waals surface area contributed by atoms with Crippen LogP contribution in [0.5, 0.6) is 11.6 Å². The van der Waals surface area contributed by atoms with Crippen LogP contribution in [0.3, 0.4) is 0 Å². The maximum atomic E-state index is 11.8. The van der Waals surface area contributed by atoms with Crippen LogP contribution in [0.2, 0.25) is 0 Å². The van der Waals surface area contributed by atoms with Gasteiger partial charge in [-0.3, -0.25) is 4.90 Å². The number of allylic oxidation sites excluding steroid dienone is 1. The average Bonchev–Trinajstić information content (AvgIpc) is 3.12. The first kappa shape index (κ1) is 27.3. The number of hydrogen-bond donors (Lipinski definition) is 1. The number of sulfonamides is 1. The Labute approximate surface area is 224 Å². The molecular weight excluding hydrogens is 500 g/mol. The van der Waals surface area contributed by atoms with Crippen molar-refractivity contribution in [2.75, 3.05) is 37.8 Å². The number of benzene rings is 2. The smallest absolute Gasteiger partial charge is 0.230 e. The molecule has 198 valence electrons. The molecule has 0 aliphatic carbocycles. The molecule has 0 radical (unpaired) electrons. The van der Waals surface area contributed by atoms with Gasteiger partial charge < -0.3 is 10.1 Å². The van der Waals surface area contributed by atoms with Crippen LogP contribution in [0.4, 0.5) is 11.6 Å². The zero-order chi connectivity index (χ0) is 27.1. The lowest BCUT2D eigenvalue weighted by atomic mass is 10.1. The molecular formula is C28H32N6O3S. The zero-order valence-corrected chi connectivity index (χ0v) is 22.7. The molecule has 38 heavy (non-hydrogen) atoms. The predicted octanol–water partition coefficient (Wildman–Crippen LogP) is 4.63. The van der Waals surface area contributed by atoms with Gasteiger partial charge in [-0.25, -0.2) is 17.7 Å². The lowest BCUT2D eigenvalue weighted by Crippen LogP contribution is -2.34. The minimum atomic E-state index is -3.15. The maximum Gasteiger partial charge on any atom is 0.230 e. The molecule has 1 fully saturated rings. The van der Waals surface area contributed by atoms with E-state index < -0.39 is 10.0 Å². The van der Waals surface area contributed by atoms with Gasteiger partial charge >= 0.3 is 0 Å². The highest BCUT2D eigenvalue weighted by atomic mass is 32.2. The number of nitrogens with zero attached hydrogens (tertiary/aromatic N) is 5. The minimum Gasteiger partial charge on any atom is -0.438 e. The highest BCUT2D eigenvalue weighted by molar-refractivity contribution is 7.88. The van der Waals surface area contributed by atoms with Crippen molar-refractivity contribution >= 4 is 27.7 Å². The Morgan fingerprint density at radius 3 is 2.50 bits per heavy atom. The third-order valence-corrected chi connectivity index (χ3v) is 7.61. The van der Waals surface area contributed by atoms with Gasteiger partial charge in [-0.1, -0.05) is 12.1 Å². The van der Waals surface area contributed by atoms with Crippen LogP contribution in [0.25, 0.3) is 6.08 Å². The Kier molecular flexibility index (Phi) is 8.73. The fourth-order valence-corrected chi connectivity index (χ4v) is 5.33. The first-order valence-electron chi connectivity index (χ1n) is 12.4. The Hall–Kier alpha value is -3.78. The van der Waals surface area contributed by atoms with Gasteiger partial charge in [0.2, 0.25) is 21.9 Å². The van der Waals surface area contributed by atoms with E-state index in [1.807, 2.05) is 44.2 Å². The molecule has 1 aromatic heterocycles. The van der Waals surface area contributed by atoms with E-state index in [0.29, 0.717) is 31.5 Å². The van der Waals surface area contributed by atoms with Gasteiger partial charge in [0, 0.05) is 50.2 Å². The van der Waals surface area contributed by atoms with Gasteiger partial charge in [0.15, 0.2) is 0 Å². The Morgan fingerprint density at radius 2 is 1.82 bits per heavy atom. The van der Waals surface area contributed by atoms with E-state index in [0.717, 1.165) is 53.2 Å². The molecule has 3 aromatic rings. The van der Waals surface area contributed by atoms with Gasteiger partial charge in [-0.2, -0.15) is 10.2 Å². The molecule has 2 aromatic carbocycles. The van der Waals surface area contributed by atoms with E-state index >= 15 is 0 Å². The van der Waals surface area contributed by atoms with E-state index in [-0.39, 0.29) is 0 Å². The first-order chi connectivity index (χ1) is 18.2. The van der Waals surface area contributed by atoms with Crippen LogP contribution >= 0.6 is 0 Å². The second-order valence-corrected chi connectivity index (χ2v) is 11.4. The number of ether oxygens (including phenoxy) is 1. The van der Waals surface area contributed by atoms with Gasteiger partial charge in [-0.05, 0) is 79.4 Å². The van der Waals surface area contributed by atoms with Gasteiger partial charge in [0.25, 0.3) is 0 Å². The Balaban J connectivity index is 1.37. The summed E-state index contributed by atoms with van der Waals surface area (Å²) in [6.07, 6.45) is 6.96. The molecule has 10 heteroatoms. The van der Waals surface area contributed by atoms with Crippen molar-refractivity contribution in [3.05, 3.63) is 77.0 Å². The average molecular weight is 533 g/mol. The van der Waals surface area contributed by atoms with Crippen molar-refractivity contribution in [3.8, 4) is 17.7 Å². The standard InChI is InChI=1S/C28H32N6O3S/c1-21-18-24(6-4-12-29)19-22(2)27(21)37-26-11-13-30-28(32-26)31-25-9-7-23(8-10-25)20-33-14-5-15-34(17-16-33)38(3,35)36/h4,6-11,13,18-19H,5,14-17,20H2,1-3H3,(H,30,31,32)/b6-4+. The summed E-state index contributed by atoms with van der Waals surface area (Å²) in [5, 5.41) is 12.0. The molecule has 0 spiro atoms. The minimum absolute atomic E-state index is 0.424. The molecule has 9 nitrogen and oxygen atoms in total. The van der Waals surface area contributed by atoms with Crippen LogP contribution < -0.4 is 10.1 Å². The normalized spacial score (nSPS) is 15.2. The van der Waals surface area contributed by atoms with Crippen molar-refractivity contribution in [1.29, 1.82) is 5.26 Å². The molecule has 0 saturated carbocycles. The van der Waals surface area contributed by atoms with Crippen molar-refractivity contribution in [2.45, 2.75) is 26.8 Å². The van der Waals surface area contributed by atoms with Gasteiger partial charge in [0.1, 0.15) is 5.75 Å². The molecule has 0 unspecified atom stereocenters. The van der Waals surface area contributed by atoms with E-state index in [1.165, 1.54) is 12.3 Å². The number of aryl methyl sites for hydroxylation is 2. The molecule has 1 saturated heterocycles. The van der Waals surface area contributed by atoms with Gasteiger partial charge in [0.05, 0.1) is 12.3 Å². The van der Waals surface area contributed by atoms with Crippen molar-refractivity contribution in [2.24, 2.45) is 0 Å². The van der Waals surface area contributed by atoms with Crippen molar-refractivity contribution in [1.82, 2.24) is 19.2 Å². The quantitative estimate of drug-likeness (QED) is 0.418. The SMILES string of the molecule is Cc1cc(/C=C/C#N)cc(C)c1Oc1ccnc(Nc2ccc(CN3CCCN(S(C)(=O)=O)CC3)cc2)n1. The third kappa shape index (κ3) is 7.38. The van der Waals surface area contributed by atoms with Crippen LogP contribution in [-0.2, 0) is 16.6 Å². The predicted molar refractivity (Wildman–Crippen MR) is 149 cm³/mol. The highest BCUT2D eigenvalue weighted by Crippen LogP contribution is 2.30. The molecule has 4 rings (SSSR count). The van der Waals surface area contributed by atoms with E-state index in [2.05, 4.69) is 32.3 Å². The second-order valence-electron chi connectivity index (χ2n) is 9.38. The van der Waals surface area contributed by atoms with Gasteiger partial charge in [-0.15, -0.1) is 0 Å². The Morgan fingerprint density at radius 1 is 1.08 bits per heavy atom. The molecule has 0 bridgehead atoms. The summed E-state index contributed by atoms with van der Waals surface area (Å²) in [6, 6.07) is 15.7. The summed E-state index contributed by atoms with van der Waals surface area (Å²) in [4.78, 5) is 11.1. The van der Waals surface area contributed by atoms with E-state index in [9.17, 15) is 8.42 Å². The van der Waals surface area contributed by atoms with Crippen LogP contribution in [0, 0.1) is 25.2 Å². The number of rotatable bonds is 8. The Bertz CT molecular complexity index is 1430. The zero-order valence-electron chi connectivity index (χ0n) is 21.9. The van der Waals surface area contributed by atoms with Crippen molar-refractivity contribution in [3.63, 3.8) is 0 Å². The summed E-state index contributed by atoms with van der Waals surface area (Å²) in [7, 11) is -3.15. The summed E-state index contributed by atoms with van der Waals surface area (Å²) >= 11 is 0. The summed E-state index contributed by atoms with van der Waals surface area (Å²) < 4.78 is 31.4. The number of hydrogen-bond acceptors (Lipinski definition) is 8. The largest absolute Gasteiger partial charge is 0.438 e. The van der Waals surface area contributed by atoms with Crippen LogP contribution in [0.1, 0.15) is 28.7 Å². The number of aromatic nitrogens is 2. The van der Waals surface area contributed by atoms with Crippen molar-refractivity contribution < 1.29 is 13.2 Å². The van der Waals surface area contributed by atoms with Crippen LogP contribution in [-0.4, -0.2) is 60.0 Å². The first-order valence-corrected chi connectivity index (χ1v) is 14.3. The third-order valence-electron chi connectivity index (χ3n) is 6.30. The summed E-state index contributed by atoms with van der Waals surface area (Å²) in [6.45, 7) is 7.36. The number of nitriles is 1. The molecule has 1 aliphatic rings. The second kappa shape index (κ2) is 12.2.